The highest BCUT2D eigenvalue weighted by molar-refractivity contribution is 7.80. The molecule has 184 valence electrons. The summed E-state index contributed by atoms with van der Waals surface area (Å²) in [5.74, 6) is 2.19. The molecule has 7 nitrogen and oxygen atoms in total. The minimum Gasteiger partial charge on any atom is -0.494 e. The Morgan fingerprint density at radius 1 is 1.06 bits per heavy atom. The largest absolute Gasteiger partial charge is 0.494 e. The van der Waals surface area contributed by atoms with Gasteiger partial charge in [-0.1, -0.05) is 18.2 Å². The fraction of sp³-hybridized carbons (Fsp3) is 0.214. The lowest BCUT2D eigenvalue weighted by atomic mass is 10.1. The quantitative estimate of drug-likeness (QED) is 0.330. The van der Waals surface area contributed by atoms with Gasteiger partial charge >= 0.3 is 0 Å². The third-order valence-electron chi connectivity index (χ3n) is 5.93. The number of pyridine rings is 1. The van der Waals surface area contributed by atoms with E-state index in [2.05, 4.69) is 10.3 Å². The van der Waals surface area contributed by atoms with Crippen molar-refractivity contribution in [2.45, 2.75) is 26.9 Å². The molecular weight excluding hydrogens is 474 g/mol. The van der Waals surface area contributed by atoms with Gasteiger partial charge in [0.1, 0.15) is 5.75 Å². The number of anilines is 1. The van der Waals surface area contributed by atoms with Crippen molar-refractivity contribution in [2.75, 3.05) is 18.7 Å². The molecule has 0 saturated carbocycles. The first-order valence-electron chi connectivity index (χ1n) is 11.8. The van der Waals surface area contributed by atoms with Crippen LogP contribution in [-0.4, -0.2) is 28.4 Å². The van der Waals surface area contributed by atoms with Crippen molar-refractivity contribution in [3.63, 3.8) is 0 Å². The van der Waals surface area contributed by atoms with Crippen LogP contribution < -0.4 is 25.1 Å². The number of nitrogens with zero attached hydrogens (tertiary/aromatic N) is 1. The summed E-state index contributed by atoms with van der Waals surface area (Å²) in [5, 5.41) is 4.74. The molecule has 0 aliphatic carbocycles. The minimum absolute atomic E-state index is 0.152. The Balaban J connectivity index is 1.46. The summed E-state index contributed by atoms with van der Waals surface area (Å²) in [6.45, 7) is 5.55. The molecular formula is C28H27N3O4S. The van der Waals surface area contributed by atoms with Gasteiger partial charge in [-0.15, -0.1) is 0 Å². The average Bonchev–Trinajstić information content (AvgIpc) is 3.32. The van der Waals surface area contributed by atoms with E-state index in [0.717, 1.165) is 39.2 Å². The highest BCUT2D eigenvalue weighted by Gasteiger charge is 2.18. The first kappa shape index (κ1) is 23.7. The van der Waals surface area contributed by atoms with E-state index in [0.29, 0.717) is 36.1 Å². The summed E-state index contributed by atoms with van der Waals surface area (Å²) in [5.41, 5.74) is 4.22. The van der Waals surface area contributed by atoms with Crippen LogP contribution in [0.1, 0.15) is 23.6 Å². The van der Waals surface area contributed by atoms with Gasteiger partial charge in [-0.05, 0) is 85.7 Å². The van der Waals surface area contributed by atoms with E-state index < -0.39 is 0 Å². The number of benzene rings is 3. The molecule has 4 aromatic rings. The molecule has 3 aromatic carbocycles. The number of rotatable bonds is 7. The maximum Gasteiger partial charge on any atom is 0.253 e. The topological polar surface area (TPSA) is 75.8 Å². The fourth-order valence-corrected chi connectivity index (χ4v) is 4.44. The summed E-state index contributed by atoms with van der Waals surface area (Å²) in [6, 6.07) is 21.4. The van der Waals surface area contributed by atoms with Gasteiger partial charge in [-0.25, -0.2) is 0 Å². The molecule has 0 bridgehead atoms. The molecule has 1 aliphatic rings. The van der Waals surface area contributed by atoms with Gasteiger partial charge in [0.25, 0.3) is 5.56 Å². The molecule has 0 radical (unpaired) electrons. The van der Waals surface area contributed by atoms with Crippen LogP contribution in [0.25, 0.3) is 10.9 Å². The van der Waals surface area contributed by atoms with Crippen LogP contribution in [0.5, 0.6) is 17.2 Å². The minimum atomic E-state index is -0.152. The number of aryl methyl sites for hydroxylation is 1. The lowest BCUT2D eigenvalue weighted by molar-refractivity contribution is 0.174. The number of fused-ring (bicyclic) bond motifs is 2. The Kier molecular flexibility index (Phi) is 6.77. The number of thiocarbonyl (C=S) groups is 1. The normalized spacial score (nSPS) is 11.9. The van der Waals surface area contributed by atoms with Gasteiger partial charge in [0.2, 0.25) is 6.79 Å². The van der Waals surface area contributed by atoms with E-state index in [9.17, 15) is 4.79 Å². The molecule has 1 aliphatic heterocycles. The molecule has 0 spiro atoms. The summed E-state index contributed by atoms with van der Waals surface area (Å²) >= 11 is 5.82. The highest BCUT2D eigenvalue weighted by atomic mass is 32.1. The first-order valence-corrected chi connectivity index (χ1v) is 12.2. The van der Waals surface area contributed by atoms with E-state index >= 15 is 0 Å². The van der Waals surface area contributed by atoms with E-state index in [1.54, 1.807) is 0 Å². The number of hydrogen-bond acceptors (Lipinski definition) is 5. The molecule has 0 atom stereocenters. The van der Waals surface area contributed by atoms with Crippen LogP contribution in [0.2, 0.25) is 0 Å². The van der Waals surface area contributed by atoms with E-state index in [4.69, 9.17) is 26.4 Å². The number of hydrogen-bond donors (Lipinski definition) is 2. The number of H-pyrrole nitrogens is 1. The smallest absolute Gasteiger partial charge is 0.253 e. The Bertz CT molecular complexity index is 1480. The van der Waals surface area contributed by atoms with Crippen LogP contribution in [0.15, 0.2) is 71.5 Å². The molecule has 0 amide bonds. The maximum atomic E-state index is 13.0. The van der Waals surface area contributed by atoms with E-state index in [1.165, 1.54) is 0 Å². The maximum absolute atomic E-state index is 13.0. The summed E-state index contributed by atoms with van der Waals surface area (Å²) < 4.78 is 16.6. The van der Waals surface area contributed by atoms with E-state index in [1.807, 2.05) is 85.5 Å². The van der Waals surface area contributed by atoms with Gasteiger partial charge in [0.15, 0.2) is 16.6 Å². The van der Waals surface area contributed by atoms with Gasteiger partial charge < -0.3 is 29.4 Å². The fourth-order valence-electron chi connectivity index (χ4n) is 4.19. The van der Waals surface area contributed by atoms with Crippen LogP contribution in [0.4, 0.5) is 5.69 Å². The van der Waals surface area contributed by atoms with Gasteiger partial charge in [-0.3, -0.25) is 4.79 Å². The average molecular weight is 502 g/mol. The molecule has 5 rings (SSSR count). The molecule has 1 aromatic heterocycles. The van der Waals surface area contributed by atoms with Crippen molar-refractivity contribution in [3.05, 3.63) is 93.8 Å². The van der Waals surface area contributed by atoms with Crippen molar-refractivity contribution < 1.29 is 14.2 Å². The van der Waals surface area contributed by atoms with Crippen LogP contribution in [0.3, 0.4) is 0 Å². The van der Waals surface area contributed by atoms with Gasteiger partial charge in [0.05, 0.1) is 13.2 Å². The standard InChI is InChI=1S/C28H27N3O4S/c1-3-33-23-8-9-24-20(14-23)13-21(27(32)30-24)16-31(28(36)29-22-6-4-5-18(2)11-22)15-19-7-10-25-26(12-19)35-17-34-25/h4-14H,3,15-17H2,1-2H3,(H,29,36)(H,30,32). The lowest BCUT2D eigenvalue weighted by Crippen LogP contribution is -2.35. The Hall–Kier alpha value is -4.04. The Morgan fingerprint density at radius 3 is 2.75 bits per heavy atom. The molecule has 8 heteroatoms. The molecule has 36 heavy (non-hydrogen) atoms. The second-order valence-corrected chi connectivity index (χ2v) is 9.04. The predicted molar refractivity (Wildman–Crippen MR) is 145 cm³/mol. The zero-order chi connectivity index (χ0) is 25.1. The lowest BCUT2D eigenvalue weighted by Gasteiger charge is -2.26. The zero-order valence-electron chi connectivity index (χ0n) is 20.2. The third-order valence-corrected chi connectivity index (χ3v) is 6.29. The molecule has 0 unspecified atom stereocenters. The molecule has 0 saturated heterocycles. The van der Waals surface area contributed by atoms with Crippen molar-refractivity contribution in [2.24, 2.45) is 0 Å². The Labute approximate surface area is 214 Å². The summed E-state index contributed by atoms with van der Waals surface area (Å²) in [6.07, 6.45) is 0. The monoisotopic (exact) mass is 501 g/mol. The van der Waals surface area contributed by atoms with Crippen molar-refractivity contribution in [1.82, 2.24) is 9.88 Å². The summed E-state index contributed by atoms with van der Waals surface area (Å²) in [4.78, 5) is 18.0. The molecule has 0 fully saturated rings. The van der Waals surface area contributed by atoms with Gasteiger partial charge in [0, 0.05) is 28.7 Å². The number of aromatic amines is 1. The van der Waals surface area contributed by atoms with Crippen LogP contribution in [-0.2, 0) is 13.1 Å². The Morgan fingerprint density at radius 2 is 1.92 bits per heavy atom. The number of nitrogens with one attached hydrogen (secondary N) is 2. The van der Waals surface area contributed by atoms with Crippen LogP contribution >= 0.6 is 12.2 Å². The molecule has 2 heterocycles. The predicted octanol–water partition coefficient (Wildman–Crippen LogP) is 5.36. The second kappa shape index (κ2) is 10.3. The highest BCUT2D eigenvalue weighted by Crippen LogP contribution is 2.33. The summed E-state index contributed by atoms with van der Waals surface area (Å²) in [7, 11) is 0. The third kappa shape index (κ3) is 5.28. The molecule has 2 N–H and O–H groups in total. The van der Waals surface area contributed by atoms with E-state index in [-0.39, 0.29) is 12.4 Å². The number of aromatic nitrogens is 1. The first-order chi connectivity index (χ1) is 17.5. The van der Waals surface area contributed by atoms with Crippen molar-refractivity contribution in [1.29, 1.82) is 0 Å². The second-order valence-electron chi connectivity index (χ2n) is 8.65. The zero-order valence-corrected chi connectivity index (χ0v) is 21.0. The number of ether oxygens (including phenoxy) is 3. The van der Waals surface area contributed by atoms with Crippen molar-refractivity contribution in [3.8, 4) is 17.2 Å². The SMILES string of the molecule is CCOc1ccc2[nH]c(=O)c(CN(Cc3ccc4c(c3)OCO4)C(=S)Nc3cccc(C)c3)cc2c1. The van der Waals surface area contributed by atoms with Crippen molar-refractivity contribution >= 4 is 33.9 Å². The van der Waals surface area contributed by atoms with Crippen LogP contribution in [0, 0.1) is 6.92 Å². The van der Waals surface area contributed by atoms with Gasteiger partial charge in [-0.2, -0.15) is 0 Å².